The van der Waals surface area contributed by atoms with E-state index in [2.05, 4.69) is 12.2 Å². The maximum absolute atomic E-state index is 5.42. The lowest BCUT2D eigenvalue weighted by Crippen LogP contribution is -2.27. The highest BCUT2D eigenvalue weighted by Crippen LogP contribution is 2.00. The third-order valence-electron chi connectivity index (χ3n) is 1.61. The number of rotatable bonds is 3. The van der Waals surface area contributed by atoms with Crippen LogP contribution in [0.3, 0.4) is 0 Å². The number of hydrogen-bond acceptors (Lipinski definition) is 2. The van der Waals surface area contributed by atoms with Gasteiger partial charge < -0.3 is 0 Å². The average molecular weight is 153 g/mol. The molecule has 0 aromatic rings. The van der Waals surface area contributed by atoms with Gasteiger partial charge in [-0.15, -0.1) is 0 Å². The topological polar surface area (TPSA) is 12.5 Å². The molecule has 0 spiro atoms. The minimum absolute atomic E-state index is 0.699. The minimum Gasteiger partial charge on any atom is -0.295 e. The zero-order valence-corrected chi connectivity index (χ0v) is 6.99. The highest BCUT2D eigenvalue weighted by molar-refractivity contribution is 4.88. The number of hydrogen-bond donors (Lipinski definition) is 0. The van der Waals surface area contributed by atoms with E-state index in [-0.39, 0.29) is 0 Å². The molecule has 0 N–H and O–H groups in total. The van der Waals surface area contributed by atoms with Gasteiger partial charge in [-0.25, -0.2) is 0 Å². The first kappa shape index (κ1) is 8.50. The Balaban J connectivity index is 2.11. The molecule has 0 aromatic heterocycles. The summed E-state index contributed by atoms with van der Waals surface area (Å²) in [5.74, 6) is 0. The van der Waals surface area contributed by atoms with Gasteiger partial charge >= 0.3 is 0 Å². The third kappa shape index (κ3) is 3.35. The van der Waals surface area contributed by atoms with Crippen molar-refractivity contribution < 1.29 is 4.84 Å². The molecule has 0 bridgehead atoms. The van der Waals surface area contributed by atoms with Gasteiger partial charge in [0.15, 0.2) is 0 Å². The zero-order valence-electron chi connectivity index (χ0n) is 6.99. The van der Waals surface area contributed by atoms with Crippen LogP contribution in [0.15, 0.2) is 24.3 Å². The van der Waals surface area contributed by atoms with Crippen molar-refractivity contribution in [1.29, 1.82) is 0 Å². The molecule has 1 aliphatic rings. The van der Waals surface area contributed by atoms with Crippen LogP contribution in [0.2, 0.25) is 0 Å². The van der Waals surface area contributed by atoms with Gasteiger partial charge in [0.1, 0.15) is 0 Å². The quantitative estimate of drug-likeness (QED) is 0.573. The SMILES string of the molecule is CC=CCON1CC=CCC1. The van der Waals surface area contributed by atoms with E-state index in [0.717, 1.165) is 19.5 Å². The molecule has 2 nitrogen and oxygen atoms in total. The molecular weight excluding hydrogens is 138 g/mol. The van der Waals surface area contributed by atoms with Crippen molar-refractivity contribution in [2.45, 2.75) is 13.3 Å². The van der Waals surface area contributed by atoms with Gasteiger partial charge in [0.2, 0.25) is 0 Å². The van der Waals surface area contributed by atoms with Crippen LogP contribution >= 0.6 is 0 Å². The normalized spacial score (nSPS) is 19.7. The van der Waals surface area contributed by atoms with Gasteiger partial charge in [0.25, 0.3) is 0 Å². The smallest absolute Gasteiger partial charge is 0.0866 e. The average Bonchev–Trinajstić information content (AvgIpc) is 2.07. The van der Waals surface area contributed by atoms with Crippen LogP contribution in [-0.4, -0.2) is 24.8 Å². The Morgan fingerprint density at radius 1 is 1.55 bits per heavy atom. The predicted octanol–water partition coefficient (Wildman–Crippen LogP) is 1.76. The molecule has 0 atom stereocenters. The van der Waals surface area contributed by atoms with Crippen molar-refractivity contribution in [3.63, 3.8) is 0 Å². The van der Waals surface area contributed by atoms with Crippen LogP contribution < -0.4 is 0 Å². The third-order valence-corrected chi connectivity index (χ3v) is 1.61. The van der Waals surface area contributed by atoms with Crippen molar-refractivity contribution in [3.05, 3.63) is 24.3 Å². The molecule has 0 aromatic carbocycles. The van der Waals surface area contributed by atoms with Crippen LogP contribution in [0.1, 0.15) is 13.3 Å². The lowest BCUT2D eigenvalue weighted by molar-refractivity contribution is -0.141. The van der Waals surface area contributed by atoms with E-state index in [1.165, 1.54) is 0 Å². The monoisotopic (exact) mass is 153 g/mol. The maximum atomic E-state index is 5.42. The standard InChI is InChI=1S/C9H15NO/c1-2-3-9-11-10-7-5-4-6-8-10/h2-5H,6-9H2,1H3. The minimum atomic E-state index is 0.699. The van der Waals surface area contributed by atoms with E-state index in [9.17, 15) is 0 Å². The summed E-state index contributed by atoms with van der Waals surface area (Å²) in [4.78, 5) is 5.42. The Bertz CT molecular complexity index is 152. The summed E-state index contributed by atoms with van der Waals surface area (Å²) >= 11 is 0. The van der Waals surface area contributed by atoms with Gasteiger partial charge in [-0.2, -0.15) is 5.06 Å². The molecule has 2 heteroatoms. The first-order valence-electron chi connectivity index (χ1n) is 4.07. The van der Waals surface area contributed by atoms with E-state index in [4.69, 9.17) is 4.84 Å². The van der Waals surface area contributed by atoms with Gasteiger partial charge in [0.05, 0.1) is 6.61 Å². The van der Waals surface area contributed by atoms with E-state index in [1.54, 1.807) is 0 Å². The predicted molar refractivity (Wildman–Crippen MR) is 46.1 cm³/mol. The van der Waals surface area contributed by atoms with Crippen LogP contribution in [0.4, 0.5) is 0 Å². The molecule has 11 heavy (non-hydrogen) atoms. The Morgan fingerprint density at radius 3 is 3.09 bits per heavy atom. The number of nitrogens with zero attached hydrogens (tertiary/aromatic N) is 1. The molecule has 1 heterocycles. The van der Waals surface area contributed by atoms with Crippen molar-refractivity contribution in [3.8, 4) is 0 Å². The van der Waals surface area contributed by atoms with Crippen LogP contribution in [0.5, 0.6) is 0 Å². The molecule has 0 aliphatic carbocycles. The summed E-state index contributed by atoms with van der Waals surface area (Å²) in [7, 11) is 0. The molecule has 1 aliphatic heterocycles. The second kappa shape index (κ2) is 5.10. The molecule has 0 saturated heterocycles. The fourth-order valence-electron chi connectivity index (χ4n) is 0.982. The highest BCUT2D eigenvalue weighted by Gasteiger charge is 2.03. The Kier molecular flexibility index (Phi) is 3.94. The second-order valence-corrected chi connectivity index (χ2v) is 2.51. The summed E-state index contributed by atoms with van der Waals surface area (Å²) in [6, 6.07) is 0. The van der Waals surface area contributed by atoms with E-state index in [0.29, 0.717) is 6.61 Å². The Labute approximate surface area is 68.1 Å². The largest absolute Gasteiger partial charge is 0.295 e. The summed E-state index contributed by atoms with van der Waals surface area (Å²) in [6.07, 6.45) is 9.45. The molecule has 1 rings (SSSR count). The molecular formula is C9H15NO. The van der Waals surface area contributed by atoms with Gasteiger partial charge in [-0.05, 0) is 13.3 Å². The fraction of sp³-hybridized carbons (Fsp3) is 0.556. The molecule has 0 unspecified atom stereocenters. The molecule has 0 radical (unpaired) electrons. The molecule has 0 fully saturated rings. The van der Waals surface area contributed by atoms with Crippen molar-refractivity contribution in [2.24, 2.45) is 0 Å². The van der Waals surface area contributed by atoms with E-state index in [1.807, 2.05) is 24.1 Å². The van der Waals surface area contributed by atoms with Crippen LogP contribution in [-0.2, 0) is 4.84 Å². The maximum Gasteiger partial charge on any atom is 0.0866 e. The molecule has 0 saturated carbocycles. The van der Waals surface area contributed by atoms with Crippen LogP contribution in [0.25, 0.3) is 0 Å². The van der Waals surface area contributed by atoms with E-state index >= 15 is 0 Å². The first-order valence-corrected chi connectivity index (χ1v) is 4.07. The lowest BCUT2D eigenvalue weighted by Gasteiger charge is -2.21. The fourth-order valence-corrected chi connectivity index (χ4v) is 0.982. The summed E-state index contributed by atoms with van der Waals surface area (Å²) in [6.45, 7) is 4.65. The lowest BCUT2D eigenvalue weighted by atomic mass is 10.3. The van der Waals surface area contributed by atoms with Crippen molar-refractivity contribution in [2.75, 3.05) is 19.7 Å². The summed E-state index contributed by atoms with van der Waals surface area (Å²) in [5.41, 5.74) is 0. The van der Waals surface area contributed by atoms with Gasteiger partial charge in [-0.1, -0.05) is 24.3 Å². The van der Waals surface area contributed by atoms with E-state index < -0.39 is 0 Å². The molecule has 0 amide bonds. The van der Waals surface area contributed by atoms with Gasteiger partial charge in [0, 0.05) is 13.1 Å². The molecule has 62 valence electrons. The van der Waals surface area contributed by atoms with Gasteiger partial charge in [-0.3, -0.25) is 4.84 Å². The van der Waals surface area contributed by atoms with Crippen molar-refractivity contribution in [1.82, 2.24) is 5.06 Å². The second-order valence-electron chi connectivity index (χ2n) is 2.51. The van der Waals surface area contributed by atoms with Crippen molar-refractivity contribution >= 4 is 0 Å². The number of allylic oxidation sites excluding steroid dienone is 1. The Hall–Kier alpha value is -0.600. The Morgan fingerprint density at radius 2 is 2.45 bits per heavy atom. The summed E-state index contributed by atoms with van der Waals surface area (Å²) < 4.78 is 0. The van der Waals surface area contributed by atoms with Crippen LogP contribution in [0, 0.1) is 0 Å². The first-order chi connectivity index (χ1) is 5.43. The number of hydroxylamine groups is 2. The highest BCUT2D eigenvalue weighted by atomic mass is 16.7. The zero-order chi connectivity index (χ0) is 7.94. The summed E-state index contributed by atoms with van der Waals surface area (Å²) in [5, 5.41) is 1.99.